The molecule has 0 spiro atoms. The molecule has 0 saturated heterocycles. The zero-order valence-corrected chi connectivity index (χ0v) is 14.5. The first-order chi connectivity index (χ1) is 12.4. The monoisotopic (exact) mass is 374 g/mol. The number of benzene rings is 2. The summed E-state index contributed by atoms with van der Waals surface area (Å²) in [6.07, 6.45) is 1.56. The summed E-state index contributed by atoms with van der Waals surface area (Å²) >= 11 is 5.97. The molecule has 0 aromatic heterocycles. The van der Waals surface area contributed by atoms with Crippen molar-refractivity contribution in [3.8, 4) is 0 Å². The molecule has 7 nitrogen and oxygen atoms in total. The minimum Gasteiger partial charge on any atom is -0.449 e. The van der Waals surface area contributed by atoms with Gasteiger partial charge in [-0.05, 0) is 30.7 Å². The molecule has 2 aromatic rings. The number of amides is 1. The van der Waals surface area contributed by atoms with Gasteiger partial charge in [0.2, 0.25) is 0 Å². The van der Waals surface area contributed by atoms with Crippen molar-refractivity contribution in [2.75, 3.05) is 5.32 Å². The number of nitro groups is 1. The van der Waals surface area contributed by atoms with E-state index in [0.717, 1.165) is 0 Å². The number of non-ortho nitro benzene ring substituents is 1. The molecule has 0 fully saturated rings. The zero-order chi connectivity index (χ0) is 19.1. The molecule has 1 atom stereocenters. The molecule has 0 bridgehead atoms. The van der Waals surface area contributed by atoms with Crippen LogP contribution in [0.5, 0.6) is 0 Å². The predicted molar refractivity (Wildman–Crippen MR) is 97.8 cm³/mol. The minimum absolute atomic E-state index is 0.157. The van der Waals surface area contributed by atoms with Gasteiger partial charge < -0.3 is 10.1 Å². The lowest BCUT2D eigenvalue weighted by Crippen LogP contribution is -2.29. The van der Waals surface area contributed by atoms with E-state index >= 15 is 0 Å². The first-order valence-electron chi connectivity index (χ1n) is 7.55. The third-order valence-corrected chi connectivity index (χ3v) is 3.64. The van der Waals surface area contributed by atoms with Crippen LogP contribution in [-0.4, -0.2) is 22.9 Å². The SMILES string of the molecule is C[C@@H](OC(=O)/C=C/c1ccccc1Cl)C(=O)Nc1cccc([N+](=O)[O-])c1. The van der Waals surface area contributed by atoms with E-state index in [2.05, 4.69) is 5.32 Å². The largest absolute Gasteiger partial charge is 0.449 e. The highest BCUT2D eigenvalue weighted by atomic mass is 35.5. The first kappa shape index (κ1) is 19.1. The molecule has 0 heterocycles. The number of halogens is 1. The Bertz CT molecular complexity index is 866. The van der Waals surface area contributed by atoms with Crippen molar-refractivity contribution in [2.45, 2.75) is 13.0 Å². The lowest BCUT2D eigenvalue weighted by Gasteiger charge is -2.12. The molecule has 8 heteroatoms. The number of rotatable bonds is 6. The van der Waals surface area contributed by atoms with Gasteiger partial charge in [0.15, 0.2) is 6.10 Å². The number of ether oxygens (including phenoxy) is 1. The average molecular weight is 375 g/mol. The molecular weight excluding hydrogens is 360 g/mol. The summed E-state index contributed by atoms with van der Waals surface area (Å²) in [7, 11) is 0. The molecule has 0 aliphatic carbocycles. The fourth-order valence-corrected chi connectivity index (χ4v) is 2.17. The van der Waals surface area contributed by atoms with Crippen LogP contribution in [-0.2, 0) is 14.3 Å². The van der Waals surface area contributed by atoms with Gasteiger partial charge in [0.25, 0.3) is 11.6 Å². The summed E-state index contributed by atoms with van der Waals surface area (Å²) in [5.41, 5.74) is 0.716. The molecule has 0 radical (unpaired) electrons. The summed E-state index contributed by atoms with van der Waals surface area (Å²) in [4.78, 5) is 34.0. The van der Waals surface area contributed by atoms with Gasteiger partial charge in [-0.1, -0.05) is 35.9 Å². The second kappa shape index (κ2) is 8.77. The number of hydrogen-bond donors (Lipinski definition) is 1. The Kier molecular flexibility index (Phi) is 6.46. The molecular formula is C18H15ClN2O5. The van der Waals surface area contributed by atoms with Crippen molar-refractivity contribution in [3.63, 3.8) is 0 Å². The van der Waals surface area contributed by atoms with Crippen molar-refractivity contribution in [1.29, 1.82) is 0 Å². The van der Waals surface area contributed by atoms with Crippen molar-refractivity contribution in [1.82, 2.24) is 0 Å². The van der Waals surface area contributed by atoms with Crippen LogP contribution >= 0.6 is 11.6 Å². The standard InChI is InChI=1S/C18H15ClN2O5/c1-12(18(23)20-14-6-4-7-15(11-14)21(24)25)26-17(22)10-9-13-5-2-3-8-16(13)19/h2-12H,1H3,(H,20,23)/b10-9+/t12-/m1/s1. The lowest BCUT2D eigenvalue weighted by molar-refractivity contribution is -0.384. The Morgan fingerprint density at radius 2 is 1.96 bits per heavy atom. The van der Waals surface area contributed by atoms with E-state index in [9.17, 15) is 19.7 Å². The van der Waals surface area contributed by atoms with Gasteiger partial charge in [0.1, 0.15) is 0 Å². The van der Waals surface area contributed by atoms with E-state index < -0.39 is 22.9 Å². The Labute approximate surface area is 154 Å². The summed E-state index contributed by atoms with van der Waals surface area (Å²) in [6, 6.07) is 12.4. The van der Waals surface area contributed by atoms with E-state index in [1.807, 2.05) is 0 Å². The van der Waals surface area contributed by atoms with Crippen LogP contribution < -0.4 is 5.32 Å². The summed E-state index contributed by atoms with van der Waals surface area (Å²) < 4.78 is 5.01. The minimum atomic E-state index is -1.09. The molecule has 0 aliphatic heterocycles. The van der Waals surface area contributed by atoms with Crippen LogP contribution in [0.2, 0.25) is 5.02 Å². The predicted octanol–water partition coefficient (Wildman–Crippen LogP) is 3.83. The smallest absolute Gasteiger partial charge is 0.331 e. The van der Waals surface area contributed by atoms with Crippen LogP contribution in [0.25, 0.3) is 6.08 Å². The number of nitrogens with one attached hydrogen (secondary N) is 1. The van der Waals surface area contributed by atoms with Gasteiger partial charge in [0, 0.05) is 28.9 Å². The van der Waals surface area contributed by atoms with E-state index in [4.69, 9.17) is 16.3 Å². The molecule has 1 amide bonds. The zero-order valence-electron chi connectivity index (χ0n) is 13.7. The number of nitrogens with zero attached hydrogens (tertiary/aromatic N) is 1. The van der Waals surface area contributed by atoms with Crippen LogP contribution in [0, 0.1) is 10.1 Å². The number of anilines is 1. The quantitative estimate of drug-likeness (QED) is 0.358. The molecule has 0 aliphatic rings. The van der Waals surface area contributed by atoms with Crippen LogP contribution in [0.3, 0.4) is 0 Å². The van der Waals surface area contributed by atoms with Crippen molar-refractivity contribution in [3.05, 3.63) is 75.3 Å². The second-order valence-electron chi connectivity index (χ2n) is 5.23. The van der Waals surface area contributed by atoms with Crippen LogP contribution in [0.15, 0.2) is 54.6 Å². The number of hydrogen-bond acceptors (Lipinski definition) is 5. The van der Waals surface area contributed by atoms with Gasteiger partial charge in [-0.25, -0.2) is 4.79 Å². The molecule has 2 aromatic carbocycles. The number of carbonyl (C=O) groups excluding carboxylic acids is 2. The maximum absolute atomic E-state index is 12.1. The summed E-state index contributed by atoms with van der Waals surface area (Å²) in [5, 5.41) is 13.7. The van der Waals surface area contributed by atoms with Gasteiger partial charge in [0.05, 0.1) is 4.92 Å². The fourth-order valence-electron chi connectivity index (χ4n) is 1.98. The van der Waals surface area contributed by atoms with Gasteiger partial charge in [-0.3, -0.25) is 14.9 Å². The van der Waals surface area contributed by atoms with Crippen LogP contribution in [0.1, 0.15) is 12.5 Å². The third kappa shape index (κ3) is 5.42. The third-order valence-electron chi connectivity index (χ3n) is 3.29. The second-order valence-corrected chi connectivity index (χ2v) is 5.64. The normalized spacial score (nSPS) is 11.8. The topological polar surface area (TPSA) is 98.5 Å². The van der Waals surface area contributed by atoms with Crippen molar-refractivity contribution >= 4 is 40.9 Å². The summed E-state index contributed by atoms with van der Waals surface area (Å²) in [5.74, 6) is -1.32. The molecule has 1 N–H and O–H groups in total. The maximum Gasteiger partial charge on any atom is 0.331 e. The van der Waals surface area contributed by atoms with Gasteiger partial charge >= 0.3 is 5.97 Å². The summed E-state index contributed by atoms with van der Waals surface area (Å²) in [6.45, 7) is 1.40. The molecule has 26 heavy (non-hydrogen) atoms. The Hall–Kier alpha value is -3.19. The Balaban J connectivity index is 1.94. The average Bonchev–Trinajstić information content (AvgIpc) is 2.61. The van der Waals surface area contributed by atoms with Gasteiger partial charge in [-0.15, -0.1) is 0 Å². The highest BCUT2D eigenvalue weighted by Gasteiger charge is 2.17. The molecule has 0 unspecified atom stereocenters. The number of nitro benzene ring substituents is 1. The lowest BCUT2D eigenvalue weighted by atomic mass is 10.2. The molecule has 0 saturated carbocycles. The van der Waals surface area contributed by atoms with E-state index in [1.165, 1.54) is 43.3 Å². The fraction of sp³-hybridized carbons (Fsp3) is 0.111. The van der Waals surface area contributed by atoms with E-state index in [0.29, 0.717) is 10.6 Å². The maximum atomic E-state index is 12.1. The highest BCUT2D eigenvalue weighted by Crippen LogP contribution is 2.18. The Morgan fingerprint density at radius 3 is 2.65 bits per heavy atom. The Morgan fingerprint density at radius 1 is 1.23 bits per heavy atom. The molecule has 134 valence electrons. The first-order valence-corrected chi connectivity index (χ1v) is 7.93. The highest BCUT2D eigenvalue weighted by molar-refractivity contribution is 6.32. The number of esters is 1. The van der Waals surface area contributed by atoms with Crippen molar-refractivity contribution in [2.24, 2.45) is 0 Å². The number of carbonyl (C=O) groups is 2. The van der Waals surface area contributed by atoms with Crippen molar-refractivity contribution < 1.29 is 19.2 Å². The van der Waals surface area contributed by atoms with E-state index in [-0.39, 0.29) is 11.4 Å². The molecule has 2 rings (SSSR count). The van der Waals surface area contributed by atoms with Gasteiger partial charge in [-0.2, -0.15) is 0 Å². The van der Waals surface area contributed by atoms with E-state index in [1.54, 1.807) is 24.3 Å². The van der Waals surface area contributed by atoms with Crippen LogP contribution in [0.4, 0.5) is 11.4 Å².